The Morgan fingerprint density at radius 2 is 2.36 bits per heavy atom. The Bertz CT molecular complexity index is 359. The second-order valence-electron chi connectivity index (χ2n) is 3.47. The maximum atomic E-state index is 11.2. The van der Waals surface area contributed by atoms with E-state index in [1.54, 1.807) is 6.20 Å². The van der Waals surface area contributed by atoms with Gasteiger partial charge in [-0.3, -0.25) is 4.90 Å². The van der Waals surface area contributed by atoms with Gasteiger partial charge in [-0.25, -0.2) is 9.78 Å². The lowest BCUT2D eigenvalue weighted by Crippen LogP contribution is -2.30. The predicted octanol–water partition coefficient (Wildman–Crippen LogP) is 0.115. The molecule has 0 saturated heterocycles. The van der Waals surface area contributed by atoms with Crippen LogP contribution in [0.3, 0.4) is 0 Å². The van der Waals surface area contributed by atoms with Crippen LogP contribution in [-0.2, 0) is 17.8 Å². The Kier molecular flexibility index (Phi) is 2.25. The number of esters is 1. The predicted molar refractivity (Wildman–Crippen MR) is 49.9 cm³/mol. The number of hydrogen-bond acceptors (Lipinski definition) is 4. The van der Waals surface area contributed by atoms with Crippen molar-refractivity contribution in [3.63, 3.8) is 0 Å². The molecule has 2 heterocycles. The number of ether oxygens (including phenoxy) is 1. The number of methoxy groups -OCH3 is 1. The number of aromatic nitrogens is 2. The number of hydrogen-bond donors (Lipinski definition) is 0. The van der Waals surface area contributed by atoms with Gasteiger partial charge in [-0.1, -0.05) is 0 Å². The molecule has 14 heavy (non-hydrogen) atoms. The number of carbonyl (C=O) groups is 1. The zero-order valence-electron chi connectivity index (χ0n) is 8.36. The summed E-state index contributed by atoms with van der Waals surface area (Å²) in [4.78, 5) is 17.6. The third kappa shape index (κ3) is 1.50. The van der Waals surface area contributed by atoms with E-state index in [4.69, 9.17) is 0 Å². The second-order valence-corrected chi connectivity index (χ2v) is 3.47. The molecule has 1 aliphatic rings. The highest BCUT2D eigenvalue weighted by Crippen LogP contribution is 2.11. The van der Waals surface area contributed by atoms with Gasteiger partial charge in [0.1, 0.15) is 5.82 Å². The van der Waals surface area contributed by atoms with E-state index < -0.39 is 0 Å². The Labute approximate surface area is 82.3 Å². The highest BCUT2D eigenvalue weighted by atomic mass is 16.5. The Balaban J connectivity index is 2.27. The first-order chi connectivity index (χ1) is 6.70. The topological polar surface area (TPSA) is 47.4 Å². The van der Waals surface area contributed by atoms with Gasteiger partial charge in [-0.15, -0.1) is 0 Å². The van der Waals surface area contributed by atoms with E-state index in [-0.39, 0.29) is 5.97 Å². The third-order valence-electron chi connectivity index (χ3n) is 2.39. The summed E-state index contributed by atoms with van der Waals surface area (Å²) in [7, 11) is 3.41. The number of likely N-dealkylation sites (N-methyl/N-ethyl adjacent to an activating group) is 1. The molecular formula is C9H13N3O2. The van der Waals surface area contributed by atoms with Crippen molar-refractivity contribution in [1.82, 2.24) is 14.5 Å². The fourth-order valence-corrected chi connectivity index (χ4v) is 1.58. The first-order valence-electron chi connectivity index (χ1n) is 4.53. The number of imidazole rings is 1. The Hall–Kier alpha value is -1.36. The van der Waals surface area contributed by atoms with Crippen molar-refractivity contribution in [3.05, 3.63) is 17.7 Å². The summed E-state index contributed by atoms with van der Waals surface area (Å²) in [5, 5.41) is 0. The van der Waals surface area contributed by atoms with E-state index in [2.05, 4.69) is 14.6 Å². The van der Waals surface area contributed by atoms with E-state index in [0.29, 0.717) is 5.69 Å². The minimum Gasteiger partial charge on any atom is -0.464 e. The molecule has 0 fully saturated rings. The van der Waals surface area contributed by atoms with Crippen molar-refractivity contribution < 1.29 is 9.53 Å². The summed E-state index contributed by atoms with van der Waals surface area (Å²) in [6.07, 6.45) is 1.76. The third-order valence-corrected chi connectivity index (χ3v) is 2.39. The van der Waals surface area contributed by atoms with Crippen LogP contribution in [0.1, 0.15) is 16.3 Å². The summed E-state index contributed by atoms with van der Waals surface area (Å²) < 4.78 is 6.62. The molecule has 0 N–H and O–H groups in total. The number of carbonyl (C=O) groups excluding carboxylic acids is 1. The van der Waals surface area contributed by atoms with Crippen LogP contribution < -0.4 is 0 Å². The summed E-state index contributed by atoms with van der Waals surface area (Å²) in [5.41, 5.74) is 0.401. The number of rotatable bonds is 1. The molecule has 5 heteroatoms. The highest BCUT2D eigenvalue weighted by Gasteiger charge is 2.18. The molecule has 0 saturated carbocycles. The maximum absolute atomic E-state index is 11.2. The summed E-state index contributed by atoms with van der Waals surface area (Å²) >= 11 is 0. The zero-order valence-corrected chi connectivity index (χ0v) is 8.36. The number of fused-ring (bicyclic) bond motifs is 1. The van der Waals surface area contributed by atoms with Gasteiger partial charge in [-0.2, -0.15) is 0 Å². The SMILES string of the molecule is COC(=O)c1cn2c(n1)CN(C)CC2. The van der Waals surface area contributed by atoms with Gasteiger partial charge in [0.25, 0.3) is 0 Å². The van der Waals surface area contributed by atoms with Crippen LogP contribution in [-0.4, -0.2) is 41.1 Å². The Morgan fingerprint density at radius 3 is 3.07 bits per heavy atom. The Morgan fingerprint density at radius 1 is 1.57 bits per heavy atom. The lowest BCUT2D eigenvalue weighted by atomic mass is 10.4. The van der Waals surface area contributed by atoms with Crippen LogP contribution in [0.2, 0.25) is 0 Å². The van der Waals surface area contributed by atoms with Crippen LogP contribution in [0.25, 0.3) is 0 Å². The van der Waals surface area contributed by atoms with Crippen LogP contribution in [0, 0.1) is 0 Å². The van der Waals surface area contributed by atoms with Gasteiger partial charge < -0.3 is 9.30 Å². The van der Waals surface area contributed by atoms with E-state index in [1.807, 2.05) is 11.6 Å². The molecule has 1 aromatic rings. The molecular weight excluding hydrogens is 182 g/mol. The second kappa shape index (κ2) is 3.42. The molecule has 0 aliphatic carbocycles. The van der Waals surface area contributed by atoms with Gasteiger partial charge in [-0.05, 0) is 7.05 Å². The van der Waals surface area contributed by atoms with Gasteiger partial charge in [0, 0.05) is 19.3 Å². The molecule has 0 radical (unpaired) electrons. The lowest BCUT2D eigenvalue weighted by Gasteiger charge is -2.22. The number of nitrogens with zero attached hydrogens (tertiary/aromatic N) is 3. The average molecular weight is 195 g/mol. The summed E-state index contributed by atoms with van der Waals surface area (Å²) in [5.74, 6) is 0.564. The van der Waals surface area contributed by atoms with Gasteiger partial charge in [0.15, 0.2) is 5.69 Å². The minimum absolute atomic E-state index is 0.366. The fourth-order valence-electron chi connectivity index (χ4n) is 1.58. The molecule has 1 aliphatic heterocycles. The van der Waals surface area contributed by atoms with Crippen molar-refractivity contribution in [2.45, 2.75) is 13.1 Å². The molecule has 5 nitrogen and oxygen atoms in total. The van der Waals surface area contributed by atoms with Crippen molar-refractivity contribution in [2.75, 3.05) is 20.7 Å². The normalized spacial score (nSPS) is 16.4. The molecule has 0 amide bonds. The molecule has 2 rings (SSSR count). The first kappa shape index (κ1) is 9.21. The molecule has 0 unspecified atom stereocenters. The molecule has 0 atom stereocenters. The van der Waals surface area contributed by atoms with Crippen molar-refractivity contribution >= 4 is 5.97 Å². The molecule has 0 bridgehead atoms. The van der Waals surface area contributed by atoms with Crippen LogP contribution in [0.4, 0.5) is 0 Å². The quantitative estimate of drug-likeness (QED) is 0.597. The standard InChI is InChI=1S/C9H13N3O2/c1-11-3-4-12-5-7(9(13)14-2)10-8(12)6-11/h5H,3-4,6H2,1-2H3. The molecule has 0 aromatic carbocycles. The van der Waals surface area contributed by atoms with E-state index in [1.165, 1.54) is 7.11 Å². The van der Waals surface area contributed by atoms with E-state index in [9.17, 15) is 4.79 Å². The van der Waals surface area contributed by atoms with Gasteiger partial charge >= 0.3 is 5.97 Å². The van der Waals surface area contributed by atoms with Crippen LogP contribution in [0.5, 0.6) is 0 Å². The van der Waals surface area contributed by atoms with E-state index in [0.717, 1.165) is 25.5 Å². The molecule has 1 aromatic heterocycles. The van der Waals surface area contributed by atoms with Crippen molar-refractivity contribution in [1.29, 1.82) is 0 Å². The average Bonchev–Trinajstić information content (AvgIpc) is 2.59. The van der Waals surface area contributed by atoms with Gasteiger partial charge in [0.05, 0.1) is 13.7 Å². The first-order valence-corrected chi connectivity index (χ1v) is 4.53. The monoisotopic (exact) mass is 195 g/mol. The summed E-state index contributed by atoms with van der Waals surface area (Å²) in [6.45, 7) is 2.66. The van der Waals surface area contributed by atoms with Crippen LogP contribution >= 0.6 is 0 Å². The van der Waals surface area contributed by atoms with Crippen molar-refractivity contribution in [3.8, 4) is 0 Å². The highest BCUT2D eigenvalue weighted by molar-refractivity contribution is 5.86. The van der Waals surface area contributed by atoms with E-state index >= 15 is 0 Å². The van der Waals surface area contributed by atoms with Crippen molar-refractivity contribution in [2.24, 2.45) is 0 Å². The van der Waals surface area contributed by atoms with Crippen LogP contribution in [0.15, 0.2) is 6.20 Å². The minimum atomic E-state index is -0.366. The smallest absolute Gasteiger partial charge is 0.358 e. The largest absolute Gasteiger partial charge is 0.464 e. The molecule has 0 spiro atoms. The molecule has 76 valence electrons. The maximum Gasteiger partial charge on any atom is 0.358 e. The fraction of sp³-hybridized carbons (Fsp3) is 0.556. The van der Waals surface area contributed by atoms with Gasteiger partial charge in [0.2, 0.25) is 0 Å². The zero-order chi connectivity index (χ0) is 10.1. The lowest BCUT2D eigenvalue weighted by molar-refractivity contribution is 0.0594. The summed E-state index contributed by atoms with van der Waals surface area (Å²) in [6, 6.07) is 0.